The van der Waals surface area contributed by atoms with Crippen LogP contribution < -0.4 is 11.1 Å². The highest BCUT2D eigenvalue weighted by Crippen LogP contribution is 2.38. The number of carbonyl (C=O) groups is 2. The van der Waals surface area contributed by atoms with E-state index >= 15 is 0 Å². The van der Waals surface area contributed by atoms with Gasteiger partial charge in [-0.1, -0.05) is 64.7 Å². The lowest BCUT2D eigenvalue weighted by Crippen LogP contribution is -2.43. The first-order valence-corrected chi connectivity index (χ1v) is 13.0. The van der Waals surface area contributed by atoms with E-state index in [0.717, 1.165) is 19.3 Å². The molecule has 0 spiro atoms. The van der Waals surface area contributed by atoms with Crippen LogP contribution in [0.5, 0.6) is 0 Å². The molecule has 0 heterocycles. The second-order valence-electron chi connectivity index (χ2n) is 6.95. The molecule has 0 aliphatic carbocycles. The number of hydrogen-bond donors (Lipinski definition) is 3. The first-order chi connectivity index (χ1) is 14.4. The predicted octanol–water partition coefficient (Wildman–Crippen LogP) is 4.19. The van der Waals surface area contributed by atoms with Crippen LogP contribution in [0.1, 0.15) is 77.6 Å². The minimum Gasteiger partial charge on any atom is -0.466 e. The quantitative estimate of drug-likeness (QED) is 0.0781. The first kappa shape index (κ1) is 29.0. The summed E-state index contributed by atoms with van der Waals surface area (Å²) in [4.78, 5) is 23.4. The molecule has 0 bridgehead atoms. The molecule has 2 unspecified atom stereocenters. The smallest absolute Gasteiger partial charge is 0.466 e. The van der Waals surface area contributed by atoms with E-state index in [1.54, 1.807) is 0 Å². The number of hydrogen-bond acceptors (Lipinski definition) is 9. The molecule has 3 atom stereocenters. The number of rotatable bonds is 20. The number of carbonyl (C=O) groups excluding carboxylic acids is 2. The maximum absolute atomic E-state index is 11.7. The molecule has 4 N–H and O–H groups in total. The standard InChI is InChI=1S/C18H34N2O8P2/c1-2-3-4-5-6-7-8-9-10-11-14-26-17(21)12-13-20-18(22)16(19)15-29(24)28-30(25)27-23/h16H,2-15,19H2,1H3/p+2/t16-/m1/s1. The highest BCUT2D eigenvalue weighted by Gasteiger charge is 2.40. The molecule has 1 amide bonds. The maximum Gasteiger partial charge on any atom is 0.775 e. The van der Waals surface area contributed by atoms with Gasteiger partial charge in [0.2, 0.25) is 12.1 Å². The van der Waals surface area contributed by atoms with Gasteiger partial charge in [-0.2, -0.15) is 0 Å². The Morgan fingerprint density at radius 2 is 1.57 bits per heavy atom. The third-order valence-corrected chi connectivity index (χ3v) is 6.38. The normalized spacial score (nSPS) is 12.9. The number of amides is 1. The molecule has 0 saturated carbocycles. The lowest BCUT2D eigenvalue weighted by molar-refractivity contribution is -0.143. The van der Waals surface area contributed by atoms with Crippen molar-refractivity contribution >= 4 is 28.2 Å². The van der Waals surface area contributed by atoms with Crippen LogP contribution in [-0.4, -0.2) is 42.5 Å². The van der Waals surface area contributed by atoms with Crippen molar-refractivity contribution in [2.45, 2.75) is 83.6 Å². The molecule has 0 aliphatic rings. The van der Waals surface area contributed by atoms with E-state index in [9.17, 15) is 18.7 Å². The van der Waals surface area contributed by atoms with Gasteiger partial charge < -0.3 is 15.8 Å². The van der Waals surface area contributed by atoms with Gasteiger partial charge in [0, 0.05) is 11.1 Å². The van der Waals surface area contributed by atoms with E-state index in [2.05, 4.69) is 21.2 Å². The van der Waals surface area contributed by atoms with Crippen molar-refractivity contribution in [3.05, 3.63) is 0 Å². The van der Waals surface area contributed by atoms with Gasteiger partial charge in [-0.25, -0.2) is 5.26 Å². The van der Waals surface area contributed by atoms with Crippen LogP contribution in [0.15, 0.2) is 0 Å². The summed E-state index contributed by atoms with van der Waals surface area (Å²) in [6.07, 6.45) is 11.6. The van der Waals surface area contributed by atoms with Gasteiger partial charge in [-0.05, 0) is 11.0 Å². The molecule has 0 aliphatic heterocycles. The molecule has 0 fully saturated rings. The van der Waals surface area contributed by atoms with E-state index in [0.29, 0.717) is 6.61 Å². The molecule has 12 heteroatoms. The molecular weight excluding hydrogens is 434 g/mol. The Kier molecular flexibility index (Phi) is 19.2. The largest absolute Gasteiger partial charge is 0.775 e. The summed E-state index contributed by atoms with van der Waals surface area (Å²) in [5.74, 6) is -1.05. The van der Waals surface area contributed by atoms with Gasteiger partial charge in [0.05, 0.1) is 17.7 Å². The minimum atomic E-state index is -2.93. The Hall–Kier alpha value is -1.02. The van der Waals surface area contributed by atoms with Crippen molar-refractivity contribution < 1.29 is 37.7 Å². The van der Waals surface area contributed by atoms with Gasteiger partial charge in [0.1, 0.15) is 10.4 Å². The van der Waals surface area contributed by atoms with Crippen molar-refractivity contribution in [3.63, 3.8) is 0 Å². The van der Waals surface area contributed by atoms with Crippen LogP contribution in [-0.2, 0) is 32.4 Å². The minimum absolute atomic E-state index is 0.00305. The number of ether oxygens (including phenoxy) is 1. The van der Waals surface area contributed by atoms with Gasteiger partial charge in [0.25, 0.3) is 0 Å². The van der Waals surface area contributed by atoms with Gasteiger partial charge in [-0.3, -0.25) is 9.59 Å². The molecule has 0 radical (unpaired) electrons. The number of nitrogens with two attached hydrogens (primary N) is 1. The summed E-state index contributed by atoms with van der Waals surface area (Å²) in [6.45, 7) is 2.62. The predicted molar refractivity (Wildman–Crippen MR) is 113 cm³/mol. The third kappa shape index (κ3) is 17.8. The fourth-order valence-corrected chi connectivity index (χ4v) is 4.10. The maximum atomic E-state index is 11.7. The Bertz CT molecular complexity index is 522. The Labute approximate surface area is 180 Å². The van der Waals surface area contributed by atoms with Crippen molar-refractivity contribution in [2.24, 2.45) is 5.73 Å². The van der Waals surface area contributed by atoms with Crippen LogP contribution >= 0.6 is 16.3 Å². The Balaban J connectivity index is 3.60. The zero-order valence-electron chi connectivity index (χ0n) is 17.8. The van der Waals surface area contributed by atoms with Gasteiger partial charge in [-0.15, -0.1) is 0 Å². The summed E-state index contributed by atoms with van der Waals surface area (Å²) in [6, 6.07) is -1.18. The summed E-state index contributed by atoms with van der Waals surface area (Å²) < 4.78 is 34.9. The zero-order chi connectivity index (χ0) is 22.6. The first-order valence-electron chi connectivity index (χ1n) is 10.5. The average Bonchev–Trinajstić information content (AvgIpc) is 2.71. The Morgan fingerprint density at radius 3 is 2.13 bits per heavy atom. The SMILES string of the molecule is CCCCCCCCCCCCOC(=O)CCNC(=O)[C@H](N)C[P+](=O)O[P+](=O)OO. The van der Waals surface area contributed by atoms with E-state index in [1.165, 1.54) is 44.9 Å². The molecular formula is C18H36N2O8P2+2. The van der Waals surface area contributed by atoms with Crippen LogP contribution in [0.4, 0.5) is 0 Å². The van der Waals surface area contributed by atoms with E-state index in [1.807, 2.05) is 0 Å². The lowest BCUT2D eigenvalue weighted by atomic mass is 10.1. The fraction of sp³-hybridized carbons (Fsp3) is 0.889. The van der Waals surface area contributed by atoms with Crippen LogP contribution in [0.3, 0.4) is 0 Å². The lowest BCUT2D eigenvalue weighted by Gasteiger charge is -2.08. The molecule has 0 aromatic heterocycles. The van der Waals surface area contributed by atoms with Crippen LogP contribution in [0.25, 0.3) is 0 Å². The van der Waals surface area contributed by atoms with E-state index < -0.39 is 40.4 Å². The Morgan fingerprint density at radius 1 is 1.00 bits per heavy atom. The zero-order valence-corrected chi connectivity index (χ0v) is 19.5. The van der Waals surface area contributed by atoms with Crippen molar-refractivity contribution in [2.75, 3.05) is 19.3 Å². The van der Waals surface area contributed by atoms with E-state index in [-0.39, 0.29) is 13.0 Å². The molecule has 0 rings (SSSR count). The highest BCUT2D eigenvalue weighted by molar-refractivity contribution is 7.50. The monoisotopic (exact) mass is 470 g/mol. The number of esters is 1. The van der Waals surface area contributed by atoms with Gasteiger partial charge in [0.15, 0.2) is 0 Å². The summed E-state index contributed by atoms with van der Waals surface area (Å²) in [5.41, 5.74) is 5.54. The summed E-state index contributed by atoms with van der Waals surface area (Å²) in [5, 5.41) is 10.5. The second-order valence-corrected chi connectivity index (χ2v) is 9.25. The van der Waals surface area contributed by atoms with Crippen molar-refractivity contribution in [1.82, 2.24) is 5.32 Å². The van der Waals surface area contributed by atoms with Gasteiger partial charge >= 0.3 is 22.3 Å². The van der Waals surface area contributed by atoms with Crippen LogP contribution in [0.2, 0.25) is 0 Å². The van der Waals surface area contributed by atoms with Crippen molar-refractivity contribution in [3.8, 4) is 0 Å². The molecule has 174 valence electrons. The average molecular weight is 470 g/mol. The van der Waals surface area contributed by atoms with Crippen LogP contribution in [0, 0.1) is 0 Å². The fourth-order valence-electron chi connectivity index (χ4n) is 2.63. The highest BCUT2D eigenvalue weighted by atomic mass is 31.2. The van der Waals surface area contributed by atoms with E-state index in [4.69, 9.17) is 15.7 Å². The summed E-state index contributed by atoms with van der Waals surface area (Å²) >= 11 is 0. The number of unbranched alkanes of at least 4 members (excludes halogenated alkanes) is 9. The molecule has 10 nitrogen and oxygen atoms in total. The van der Waals surface area contributed by atoms with Crippen molar-refractivity contribution in [1.29, 1.82) is 0 Å². The topological polar surface area (TPSA) is 154 Å². The summed E-state index contributed by atoms with van der Waals surface area (Å²) in [7, 11) is -5.47. The third-order valence-electron chi connectivity index (χ3n) is 4.30. The second kappa shape index (κ2) is 19.9. The molecule has 0 aromatic rings. The molecule has 0 saturated heterocycles. The number of nitrogens with one attached hydrogen (secondary N) is 1. The molecule has 0 aromatic carbocycles. The molecule has 30 heavy (non-hydrogen) atoms.